The summed E-state index contributed by atoms with van der Waals surface area (Å²) in [7, 11) is 1.64. The lowest BCUT2D eigenvalue weighted by atomic mass is 9.68. The number of likely N-dealkylation sites (N-methyl/N-ethyl adjacent to an activating group) is 1. The molecule has 1 saturated heterocycles. The molecule has 0 bridgehead atoms. The number of rotatable bonds is 1. The van der Waals surface area contributed by atoms with Crippen LogP contribution in [0.15, 0.2) is 41.9 Å². The third-order valence-electron chi connectivity index (χ3n) is 6.12. The summed E-state index contributed by atoms with van der Waals surface area (Å²) in [6.07, 6.45) is 6.31. The maximum absolute atomic E-state index is 13.5. The number of guanidine groups is 1. The van der Waals surface area contributed by atoms with Gasteiger partial charge < -0.3 is 15.2 Å². The van der Waals surface area contributed by atoms with E-state index in [0.717, 1.165) is 24.0 Å². The molecule has 0 saturated carbocycles. The zero-order valence-electron chi connectivity index (χ0n) is 15.8. The first kappa shape index (κ1) is 17.1. The fourth-order valence-electron chi connectivity index (χ4n) is 4.53. The molecule has 5 rings (SSSR count). The van der Waals surface area contributed by atoms with Gasteiger partial charge in [-0.2, -0.15) is 0 Å². The van der Waals surface area contributed by atoms with Gasteiger partial charge in [0.15, 0.2) is 5.96 Å². The molecule has 1 aromatic heterocycles. The molecule has 1 spiro atoms. The molecule has 0 aliphatic carbocycles. The zero-order chi connectivity index (χ0) is 19.5. The van der Waals surface area contributed by atoms with Gasteiger partial charge >= 0.3 is 0 Å². The van der Waals surface area contributed by atoms with E-state index < -0.39 is 11.1 Å². The standard InChI is InChI=1S/C20H21N5O3/c1-19-16(4-3-7-27-19)28-15-6-5-12(13-9-22-11-23-10-13)8-14(15)20(19)17(26)25(2)18(21)24-20/h5-6,8-11,16H,3-4,7H2,1-2H3,(H2,21,24)/t16?,19?,20-/m1/s1. The van der Waals surface area contributed by atoms with Crippen molar-refractivity contribution in [3.05, 3.63) is 42.5 Å². The Morgan fingerprint density at radius 1 is 1.25 bits per heavy atom. The maximum atomic E-state index is 13.5. The average Bonchev–Trinajstić information content (AvgIpc) is 2.95. The highest BCUT2D eigenvalue weighted by Gasteiger charge is 2.68. The Labute approximate surface area is 162 Å². The van der Waals surface area contributed by atoms with Gasteiger partial charge in [-0.05, 0) is 37.5 Å². The van der Waals surface area contributed by atoms with Crippen molar-refractivity contribution in [3.63, 3.8) is 0 Å². The van der Waals surface area contributed by atoms with Gasteiger partial charge in [0.25, 0.3) is 5.91 Å². The minimum atomic E-state index is -1.28. The second-order valence-corrected chi connectivity index (χ2v) is 7.59. The van der Waals surface area contributed by atoms with Crippen LogP contribution in [0.2, 0.25) is 0 Å². The minimum Gasteiger partial charge on any atom is -0.487 e. The third-order valence-corrected chi connectivity index (χ3v) is 6.12. The molecule has 1 amide bonds. The van der Waals surface area contributed by atoms with Gasteiger partial charge in [0.05, 0.1) is 0 Å². The van der Waals surface area contributed by atoms with Crippen molar-refractivity contribution in [1.29, 1.82) is 0 Å². The highest BCUT2D eigenvalue weighted by molar-refractivity contribution is 6.08. The first-order valence-electron chi connectivity index (χ1n) is 9.31. The number of nitrogens with two attached hydrogens (primary N) is 1. The van der Waals surface area contributed by atoms with Crippen molar-refractivity contribution < 1.29 is 14.3 Å². The first-order valence-corrected chi connectivity index (χ1v) is 9.31. The Hall–Kier alpha value is -3.00. The number of aromatic nitrogens is 2. The van der Waals surface area contributed by atoms with Gasteiger partial charge in [-0.3, -0.25) is 9.69 Å². The number of nitrogens with zero attached hydrogens (tertiary/aromatic N) is 4. The van der Waals surface area contributed by atoms with Crippen LogP contribution in [0, 0.1) is 0 Å². The molecule has 1 aromatic carbocycles. The molecule has 8 heteroatoms. The normalized spacial score (nSPS) is 31.2. The number of benzene rings is 1. The summed E-state index contributed by atoms with van der Waals surface area (Å²) in [6.45, 7) is 2.46. The fraction of sp³-hybridized carbons (Fsp3) is 0.400. The molecule has 3 aliphatic rings. The Kier molecular flexibility index (Phi) is 3.51. The number of hydrogen-bond acceptors (Lipinski definition) is 7. The van der Waals surface area contributed by atoms with Crippen molar-refractivity contribution in [2.24, 2.45) is 10.7 Å². The van der Waals surface area contributed by atoms with Crippen LogP contribution < -0.4 is 10.5 Å². The largest absolute Gasteiger partial charge is 0.487 e. The van der Waals surface area contributed by atoms with Crippen molar-refractivity contribution in [1.82, 2.24) is 14.9 Å². The van der Waals surface area contributed by atoms with Crippen LogP contribution in [0.4, 0.5) is 0 Å². The number of carbonyl (C=O) groups is 1. The molecule has 8 nitrogen and oxygen atoms in total. The van der Waals surface area contributed by atoms with E-state index in [1.54, 1.807) is 19.4 Å². The van der Waals surface area contributed by atoms with E-state index in [2.05, 4.69) is 9.97 Å². The van der Waals surface area contributed by atoms with Crippen LogP contribution >= 0.6 is 0 Å². The molecule has 1 fully saturated rings. The van der Waals surface area contributed by atoms with E-state index in [0.29, 0.717) is 17.9 Å². The van der Waals surface area contributed by atoms with Gasteiger partial charge in [0.2, 0.25) is 5.54 Å². The summed E-state index contributed by atoms with van der Waals surface area (Å²) in [4.78, 5) is 27.8. The average molecular weight is 379 g/mol. The van der Waals surface area contributed by atoms with Gasteiger partial charge in [-0.15, -0.1) is 0 Å². The predicted octanol–water partition coefficient (Wildman–Crippen LogP) is 1.46. The van der Waals surface area contributed by atoms with Crippen molar-refractivity contribution >= 4 is 11.9 Å². The minimum absolute atomic E-state index is 0.181. The maximum Gasteiger partial charge on any atom is 0.265 e. The number of ether oxygens (including phenoxy) is 2. The summed E-state index contributed by atoms with van der Waals surface area (Å²) in [6, 6.07) is 5.74. The molecule has 0 radical (unpaired) electrons. The smallest absolute Gasteiger partial charge is 0.265 e. The highest BCUT2D eigenvalue weighted by atomic mass is 16.6. The van der Waals surface area contributed by atoms with Crippen LogP contribution in [0.3, 0.4) is 0 Å². The summed E-state index contributed by atoms with van der Waals surface area (Å²) in [5, 5.41) is 0. The SMILES string of the molecule is CN1C(=O)[C@]2(N=C1N)c1cc(-c3cncnc3)ccc1OC1CCCOC12C. The zero-order valence-corrected chi connectivity index (χ0v) is 15.8. The van der Waals surface area contributed by atoms with Crippen molar-refractivity contribution in [2.75, 3.05) is 13.7 Å². The van der Waals surface area contributed by atoms with E-state index >= 15 is 0 Å². The molecule has 144 valence electrons. The van der Waals surface area contributed by atoms with Crippen molar-refractivity contribution in [2.45, 2.75) is 37.0 Å². The number of carbonyl (C=O) groups excluding carboxylic acids is 1. The third kappa shape index (κ3) is 2.03. The lowest BCUT2D eigenvalue weighted by Gasteiger charge is -2.52. The van der Waals surface area contributed by atoms with E-state index in [1.165, 1.54) is 11.2 Å². The Bertz CT molecular complexity index is 995. The highest BCUT2D eigenvalue weighted by Crippen LogP contribution is 2.55. The predicted molar refractivity (Wildman–Crippen MR) is 102 cm³/mol. The number of fused-ring (bicyclic) bond motifs is 4. The molecule has 2 N–H and O–H groups in total. The van der Waals surface area contributed by atoms with Crippen LogP contribution in [0.25, 0.3) is 11.1 Å². The summed E-state index contributed by atoms with van der Waals surface area (Å²) >= 11 is 0. The molecule has 3 atom stereocenters. The van der Waals surface area contributed by atoms with Crippen LogP contribution in [-0.2, 0) is 15.1 Å². The van der Waals surface area contributed by atoms with E-state index in [1.807, 2.05) is 25.1 Å². The van der Waals surface area contributed by atoms with Gasteiger partial charge in [0, 0.05) is 37.2 Å². The number of hydrogen-bond donors (Lipinski definition) is 1. The lowest BCUT2D eigenvalue weighted by molar-refractivity contribution is -0.191. The van der Waals surface area contributed by atoms with Gasteiger partial charge in [-0.1, -0.05) is 6.07 Å². The Morgan fingerprint density at radius 3 is 2.75 bits per heavy atom. The van der Waals surface area contributed by atoms with Gasteiger partial charge in [-0.25, -0.2) is 15.0 Å². The molecular weight excluding hydrogens is 358 g/mol. The fourth-order valence-corrected chi connectivity index (χ4v) is 4.53. The molecule has 2 aromatic rings. The summed E-state index contributed by atoms with van der Waals surface area (Å²) < 4.78 is 12.5. The van der Waals surface area contributed by atoms with Crippen LogP contribution in [0.1, 0.15) is 25.3 Å². The molecule has 4 heterocycles. The number of amides is 1. The molecule has 2 unspecified atom stereocenters. The van der Waals surface area contributed by atoms with Crippen molar-refractivity contribution in [3.8, 4) is 16.9 Å². The quantitative estimate of drug-likeness (QED) is 0.805. The monoisotopic (exact) mass is 379 g/mol. The van der Waals surface area contributed by atoms with Crippen LogP contribution in [0.5, 0.6) is 5.75 Å². The lowest BCUT2D eigenvalue weighted by Crippen LogP contribution is -2.67. The summed E-state index contributed by atoms with van der Waals surface area (Å²) in [5.74, 6) is 0.611. The topological polar surface area (TPSA) is 103 Å². The van der Waals surface area contributed by atoms with Gasteiger partial charge in [0.1, 0.15) is 23.8 Å². The van der Waals surface area contributed by atoms with E-state index in [-0.39, 0.29) is 18.0 Å². The molecule has 3 aliphatic heterocycles. The molecular formula is C20H21N5O3. The van der Waals surface area contributed by atoms with E-state index in [9.17, 15) is 4.79 Å². The number of aliphatic imine (C=N–C) groups is 1. The Balaban J connectivity index is 1.78. The second-order valence-electron chi connectivity index (χ2n) is 7.59. The Morgan fingerprint density at radius 2 is 2.04 bits per heavy atom. The van der Waals surface area contributed by atoms with E-state index in [4.69, 9.17) is 20.2 Å². The molecule has 28 heavy (non-hydrogen) atoms. The second kappa shape index (κ2) is 5.75. The summed E-state index contributed by atoms with van der Waals surface area (Å²) in [5.41, 5.74) is 6.24. The van der Waals surface area contributed by atoms with Crippen LogP contribution in [-0.4, -0.2) is 52.1 Å². The first-order chi connectivity index (χ1) is 13.5.